The van der Waals surface area contributed by atoms with Crippen molar-refractivity contribution >= 4 is 46.0 Å². The molecule has 3 aromatic rings. The van der Waals surface area contributed by atoms with Crippen LogP contribution in [-0.2, 0) is 11.8 Å². The van der Waals surface area contributed by atoms with Crippen LogP contribution in [-0.4, -0.2) is 61.5 Å². The molecule has 3 aromatic heterocycles. The molecule has 0 N–H and O–H groups in total. The predicted octanol–water partition coefficient (Wildman–Crippen LogP) is 4.43. The molecule has 0 bridgehead atoms. The third kappa shape index (κ3) is 4.77. The number of thiazole rings is 1. The highest BCUT2D eigenvalue weighted by Crippen LogP contribution is 2.36. The summed E-state index contributed by atoms with van der Waals surface area (Å²) in [7, 11) is 1.88. The van der Waals surface area contributed by atoms with E-state index in [-0.39, 0.29) is 17.8 Å². The largest absolute Gasteiger partial charge is 0.461 e. The minimum atomic E-state index is -0.378. The number of amides is 1. The molecule has 1 aliphatic rings. The lowest BCUT2D eigenvalue weighted by Crippen LogP contribution is -2.38. The zero-order valence-corrected chi connectivity index (χ0v) is 21.3. The lowest BCUT2D eigenvalue weighted by Gasteiger charge is -2.31. The van der Waals surface area contributed by atoms with Crippen LogP contribution in [0.15, 0.2) is 16.5 Å². The molecule has 10 heteroatoms. The molecule has 1 amide bonds. The molecule has 4 rings (SSSR count). The number of hydrogen-bond acceptors (Lipinski definition) is 8. The van der Waals surface area contributed by atoms with Crippen LogP contribution in [0.2, 0.25) is 0 Å². The zero-order valence-electron chi connectivity index (χ0n) is 19.6. The number of aromatic nitrogens is 4. The number of nitrogens with zero attached hydrogens (tertiary/aromatic N) is 5. The van der Waals surface area contributed by atoms with Gasteiger partial charge in [-0.05, 0) is 26.7 Å². The molecule has 0 unspecified atom stereocenters. The summed E-state index contributed by atoms with van der Waals surface area (Å²) in [6.45, 7) is 9.63. The molecule has 8 nitrogen and oxygen atoms in total. The summed E-state index contributed by atoms with van der Waals surface area (Å²) in [5.41, 5.74) is 2.70. The summed E-state index contributed by atoms with van der Waals surface area (Å²) in [6, 6.07) is 0. The fraction of sp³-hybridized carbons (Fsp3) is 0.522. The van der Waals surface area contributed by atoms with E-state index in [1.807, 2.05) is 18.9 Å². The van der Waals surface area contributed by atoms with Gasteiger partial charge in [-0.1, -0.05) is 13.8 Å². The van der Waals surface area contributed by atoms with Gasteiger partial charge in [-0.2, -0.15) is 5.10 Å². The normalized spacial score (nSPS) is 14.9. The number of thioether (sulfide) groups is 1. The molecule has 0 radical (unpaired) electrons. The van der Waals surface area contributed by atoms with Crippen LogP contribution in [0.25, 0.3) is 11.0 Å². The third-order valence-electron chi connectivity index (χ3n) is 5.70. The van der Waals surface area contributed by atoms with Gasteiger partial charge in [0.15, 0.2) is 11.3 Å². The minimum Gasteiger partial charge on any atom is -0.461 e. The average Bonchev–Trinajstić information content (AvgIpc) is 3.39. The fourth-order valence-corrected chi connectivity index (χ4v) is 6.22. The van der Waals surface area contributed by atoms with E-state index in [0.717, 1.165) is 39.5 Å². The molecule has 1 fully saturated rings. The summed E-state index contributed by atoms with van der Waals surface area (Å²) in [4.78, 5) is 37.4. The Morgan fingerprint density at radius 1 is 1.30 bits per heavy atom. The SMILES string of the molecule is CCOC(=O)c1csc(C2CCN(C(=O)c3cnc4c(c(C)nn4C)c3SC(C)C)CC2)n1. The van der Waals surface area contributed by atoms with Crippen LogP contribution in [0.4, 0.5) is 0 Å². The summed E-state index contributed by atoms with van der Waals surface area (Å²) in [6.07, 6.45) is 3.33. The second-order valence-corrected chi connectivity index (χ2v) is 10.9. The maximum Gasteiger partial charge on any atom is 0.357 e. The van der Waals surface area contributed by atoms with E-state index in [1.54, 1.807) is 34.9 Å². The van der Waals surface area contributed by atoms with Gasteiger partial charge in [-0.3, -0.25) is 9.48 Å². The van der Waals surface area contributed by atoms with Crippen molar-refractivity contribution in [1.29, 1.82) is 0 Å². The standard InChI is InChI=1S/C23H29N5O3S2/c1-6-31-23(30)17-12-32-21(25-17)15-7-9-28(10-8-15)22(29)16-11-24-20-18(14(4)26-27(20)5)19(16)33-13(2)3/h11-13,15H,6-10H2,1-5H3. The molecule has 0 aromatic carbocycles. The molecule has 176 valence electrons. The molecule has 33 heavy (non-hydrogen) atoms. The summed E-state index contributed by atoms with van der Waals surface area (Å²) in [5, 5.41) is 8.51. The summed E-state index contributed by atoms with van der Waals surface area (Å²) >= 11 is 3.18. The fourth-order valence-electron chi connectivity index (χ4n) is 4.16. The van der Waals surface area contributed by atoms with Crippen molar-refractivity contribution < 1.29 is 14.3 Å². The van der Waals surface area contributed by atoms with Gasteiger partial charge in [0, 0.05) is 47.8 Å². The van der Waals surface area contributed by atoms with Gasteiger partial charge in [0.25, 0.3) is 5.91 Å². The van der Waals surface area contributed by atoms with Crippen LogP contribution in [0, 0.1) is 6.92 Å². The van der Waals surface area contributed by atoms with Crippen molar-refractivity contribution in [1.82, 2.24) is 24.6 Å². The Morgan fingerprint density at radius 2 is 2.03 bits per heavy atom. The van der Waals surface area contributed by atoms with Crippen molar-refractivity contribution in [2.45, 2.75) is 56.6 Å². The van der Waals surface area contributed by atoms with E-state index >= 15 is 0 Å². The van der Waals surface area contributed by atoms with Gasteiger partial charge in [0.1, 0.15) is 0 Å². The zero-order chi connectivity index (χ0) is 23.7. The maximum atomic E-state index is 13.5. The van der Waals surface area contributed by atoms with Crippen LogP contribution >= 0.6 is 23.1 Å². The monoisotopic (exact) mass is 487 g/mol. The Hall–Kier alpha value is -2.46. The topological polar surface area (TPSA) is 90.2 Å². The number of pyridine rings is 1. The van der Waals surface area contributed by atoms with E-state index in [9.17, 15) is 9.59 Å². The van der Waals surface area contributed by atoms with Crippen LogP contribution in [0.1, 0.15) is 71.1 Å². The molecule has 0 aliphatic carbocycles. The van der Waals surface area contributed by atoms with Crippen molar-refractivity contribution in [3.63, 3.8) is 0 Å². The summed E-state index contributed by atoms with van der Waals surface area (Å²) < 4.78 is 6.81. The first-order valence-corrected chi connectivity index (χ1v) is 13.0. The molecular weight excluding hydrogens is 458 g/mol. The summed E-state index contributed by atoms with van der Waals surface area (Å²) in [5.74, 6) is -0.120. The van der Waals surface area contributed by atoms with Gasteiger partial charge < -0.3 is 9.64 Å². The van der Waals surface area contributed by atoms with E-state index in [2.05, 4.69) is 28.9 Å². The molecule has 0 spiro atoms. The van der Waals surface area contributed by atoms with Crippen LogP contribution < -0.4 is 0 Å². The van der Waals surface area contributed by atoms with Crippen LogP contribution in [0.3, 0.4) is 0 Å². The van der Waals surface area contributed by atoms with Crippen LogP contribution in [0.5, 0.6) is 0 Å². The number of aryl methyl sites for hydroxylation is 2. The lowest BCUT2D eigenvalue weighted by atomic mass is 9.97. The average molecular weight is 488 g/mol. The van der Waals surface area contributed by atoms with E-state index in [0.29, 0.717) is 36.2 Å². The quantitative estimate of drug-likeness (QED) is 0.375. The molecule has 1 aliphatic heterocycles. The highest BCUT2D eigenvalue weighted by atomic mass is 32.2. The number of carbonyl (C=O) groups excluding carboxylic acids is 2. The van der Waals surface area contributed by atoms with Gasteiger partial charge >= 0.3 is 5.97 Å². The molecule has 1 saturated heterocycles. The third-order valence-corrected chi connectivity index (χ3v) is 7.84. The number of piperidine rings is 1. The predicted molar refractivity (Wildman–Crippen MR) is 130 cm³/mol. The highest BCUT2D eigenvalue weighted by molar-refractivity contribution is 8.00. The van der Waals surface area contributed by atoms with E-state index < -0.39 is 0 Å². The molecule has 4 heterocycles. The number of likely N-dealkylation sites (tertiary alicyclic amines) is 1. The number of hydrogen-bond donors (Lipinski definition) is 0. The number of rotatable bonds is 6. The number of ether oxygens (including phenoxy) is 1. The first-order valence-electron chi connectivity index (χ1n) is 11.2. The second-order valence-electron chi connectivity index (χ2n) is 8.43. The Morgan fingerprint density at radius 3 is 2.70 bits per heavy atom. The van der Waals surface area contributed by atoms with Crippen molar-refractivity contribution in [2.24, 2.45) is 7.05 Å². The first kappa shape index (κ1) is 23.7. The minimum absolute atomic E-state index is 0.0144. The van der Waals surface area contributed by atoms with Gasteiger partial charge in [0.05, 0.1) is 28.3 Å². The van der Waals surface area contributed by atoms with E-state index in [4.69, 9.17) is 4.74 Å². The second kappa shape index (κ2) is 9.80. The van der Waals surface area contributed by atoms with Gasteiger partial charge in [-0.15, -0.1) is 23.1 Å². The van der Waals surface area contributed by atoms with Crippen molar-refractivity contribution in [3.8, 4) is 0 Å². The Bertz CT molecular complexity index is 1180. The highest BCUT2D eigenvalue weighted by Gasteiger charge is 2.29. The van der Waals surface area contributed by atoms with Gasteiger partial charge in [-0.25, -0.2) is 14.8 Å². The lowest BCUT2D eigenvalue weighted by molar-refractivity contribution is 0.0520. The molecule has 0 saturated carbocycles. The smallest absolute Gasteiger partial charge is 0.357 e. The molecular formula is C23H29N5O3S2. The number of esters is 1. The van der Waals surface area contributed by atoms with E-state index in [1.165, 1.54) is 11.3 Å². The maximum absolute atomic E-state index is 13.5. The van der Waals surface area contributed by atoms with Gasteiger partial charge in [0.2, 0.25) is 0 Å². The Labute approximate surface area is 201 Å². The van der Waals surface area contributed by atoms with Crippen molar-refractivity contribution in [2.75, 3.05) is 19.7 Å². The first-order chi connectivity index (χ1) is 15.8. The Balaban J connectivity index is 1.52. The number of fused-ring (bicyclic) bond motifs is 1. The molecule has 0 atom stereocenters. The van der Waals surface area contributed by atoms with Crippen molar-refractivity contribution in [3.05, 3.63) is 33.5 Å². The Kier molecular flexibility index (Phi) is 7.04. The number of carbonyl (C=O) groups is 2.